The molecule has 142 valence electrons. The predicted molar refractivity (Wildman–Crippen MR) is 104 cm³/mol. The topological polar surface area (TPSA) is 114 Å². The van der Waals surface area contributed by atoms with E-state index in [1.165, 1.54) is 0 Å². The van der Waals surface area contributed by atoms with E-state index >= 15 is 0 Å². The highest BCUT2D eigenvalue weighted by Gasteiger charge is 2.23. The number of aromatic nitrogens is 6. The molecule has 0 bridgehead atoms. The molecule has 4 aromatic rings. The molecular formula is C18H19N9O. The Kier molecular flexibility index (Phi) is 3.90. The van der Waals surface area contributed by atoms with Gasteiger partial charge in [0.15, 0.2) is 11.5 Å². The normalized spacial score (nSPS) is 17.6. The molecule has 0 radical (unpaired) electrons. The van der Waals surface area contributed by atoms with Gasteiger partial charge in [-0.2, -0.15) is 9.61 Å². The van der Waals surface area contributed by atoms with Crippen LogP contribution in [0.5, 0.6) is 0 Å². The number of rotatable bonds is 3. The fourth-order valence-electron chi connectivity index (χ4n) is 3.32. The lowest BCUT2D eigenvalue weighted by atomic mass is 10.2. The van der Waals surface area contributed by atoms with Crippen LogP contribution in [0.4, 0.5) is 5.95 Å². The highest BCUT2D eigenvalue weighted by Crippen LogP contribution is 2.24. The molecule has 3 aromatic heterocycles. The summed E-state index contributed by atoms with van der Waals surface area (Å²) in [6.45, 7) is 1.84. The number of hydrogen-bond acceptors (Lipinski definition) is 7. The minimum Gasteiger partial charge on any atom is -0.353 e. The van der Waals surface area contributed by atoms with Gasteiger partial charge in [-0.25, -0.2) is 9.97 Å². The molecule has 10 heteroatoms. The van der Waals surface area contributed by atoms with Crippen molar-refractivity contribution in [3.8, 4) is 11.4 Å². The molecule has 1 aromatic carbocycles. The summed E-state index contributed by atoms with van der Waals surface area (Å²) < 4.78 is 3.36. The first kappa shape index (κ1) is 16.6. The second-order valence-corrected chi connectivity index (χ2v) is 6.72. The van der Waals surface area contributed by atoms with E-state index in [9.17, 15) is 4.79 Å². The number of fused-ring (bicyclic) bond motifs is 3. The summed E-state index contributed by atoms with van der Waals surface area (Å²) >= 11 is 0. The van der Waals surface area contributed by atoms with Gasteiger partial charge in [-0.05, 0) is 12.1 Å². The number of carbonyl (C=O) groups is 1. The Labute approximate surface area is 160 Å². The highest BCUT2D eigenvalue weighted by atomic mass is 16.2. The number of aryl methyl sites for hydroxylation is 1. The largest absolute Gasteiger partial charge is 0.353 e. The average molecular weight is 377 g/mol. The van der Waals surface area contributed by atoms with Crippen LogP contribution < -0.4 is 16.0 Å². The van der Waals surface area contributed by atoms with Gasteiger partial charge in [0.1, 0.15) is 6.04 Å². The van der Waals surface area contributed by atoms with Gasteiger partial charge in [-0.15, -0.1) is 5.10 Å². The fourth-order valence-corrected chi connectivity index (χ4v) is 3.32. The summed E-state index contributed by atoms with van der Waals surface area (Å²) in [6.07, 6.45) is 3.58. The third kappa shape index (κ3) is 2.83. The molecule has 1 amide bonds. The van der Waals surface area contributed by atoms with Crippen molar-refractivity contribution in [2.24, 2.45) is 7.05 Å². The lowest BCUT2D eigenvalue weighted by molar-refractivity contribution is -0.121. The Morgan fingerprint density at radius 1 is 1.21 bits per heavy atom. The number of para-hydroxylation sites is 1. The summed E-state index contributed by atoms with van der Waals surface area (Å²) in [7, 11) is 1.85. The van der Waals surface area contributed by atoms with Gasteiger partial charge in [-0.1, -0.05) is 12.1 Å². The summed E-state index contributed by atoms with van der Waals surface area (Å²) in [5.74, 6) is 0.957. The maximum atomic E-state index is 12.4. The summed E-state index contributed by atoms with van der Waals surface area (Å²) in [5, 5.41) is 19.1. The molecule has 3 N–H and O–H groups in total. The van der Waals surface area contributed by atoms with Gasteiger partial charge >= 0.3 is 0 Å². The van der Waals surface area contributed by atoms with Gasteiger partial charge < -0.3 is 16.0 Å². The second-order valence-electron chi connectivity index (χ2n) is 6.72. The van der Waals surface area contributed by atoms with Crippen LogP contribution in [0.15, 0.2) is 36.7 Å². The first-order valence-electron chi connectivity index (χ1n) is 9.08. The van der Waals surface area contributed by atoms with E-state index in [-0.39, 0.29) is 5.91 Å². The van der Waals surface area contributed by atoms with E-state index in [2.05, 4.69) is 26.1 Å². The maximum Gasteiger partial charge on any atom is 0.243 e. The number of nitrogens with one attached hydrogen (secondary N) is 3. The minimum atomic E-state index is -0.453. The van der Waals surface area contributed by atoms with Crippen LogP contribution >= 0.6 is 0 Å². The van der Waals surface area contributed by atoms with Crippen LogP contribution in [0.2, 0.25) is 0 Å². The van der Waals surface area contributed by atoms with E-state index < -0.39 is 6.04 Å². The van der Waals surface area contributed by atoms with Gasteiger partial charge in [0.05, 0.1) is 17.3 Å². The van der Waals surface area contributed by atoms with Crippen LogP contribution in [0.25, 0.3) is 27.9 Å². The van der Waals surface area contributed by atoms with Crippen LogP contribution in [0.3, 0.4) is 0 Å². The van der Waals surface area contributed by atoms with E-state index in [0.29, 0.717) is 30.5 Å². The van der Waals surface area contributed by atoms with Crippen LogP contribution in [0, 0.1) is 0 Å². The number of carbonyl (C=O) groups excluding carboxylic acids is 1. The molecule has 1 saturated heterocycles. The zero-order chi connectivity index (χ0) is 19.1. The van der Waals surface area contributed by atoms with E-state index in [0.717, 1.165) is 23.0 Å². The summed E-state index contributed by atoms with van der Waals surface area (Å²) in [4.78, 5) is 21.8. The molecule has 1 aliphatic heterocycles. The second kappa shape index (κ2) is 6.57. The molecule has 5 rings (SSSR count). The zero-order valence-corrected chi connectivity index (χ0v) is 15.3. The number of benzene rings is 1. The molecule has 10 nitrogen and oxygen atoms in total. The molecule has 1 atom stereocenters. The first-order valence-corrected chi connectivity index (χ1v) is 9.08. The quantitative estimate of drug-likeness (QED) is 0.467. The van der Waals surface area contributed by atoms with E-state index in [1.807, 2.05) is 37.5 Å². The zero-order valence-electron chi connectivity index (χ0n) is 15.3. The highest BCUT2D eigenvalue weighted by molar-refractivity contribution is 5.93. The van der Waals surface area contributed by atoms with Gasteiger partial charge in [0.25, 0.3) is 0 Å². The summed E-state index contributed by atoms with van der Waals surface area (Å²) in [5.41, 5.74) is 2.27. The Balaban J connectivity index is 1.66. The molecule has 0 unspecified atom stereocenters. The van der Waals surface area contributed by atoms with E-state index in [4.69, 9.17) is 9.97 Å². The van der Waals surface area contributed by atoms with Crippen molar-refractivity contribution >= 4 is 28.4 Å². The monoisotopic (exact) mass is 377 g/mol. The number of hydrogen-bond donors (Lipinski definition) is 3. The average Bonchev–Trinajstić information content (AvgIpc) is 3.28. The molecule has 1 fully saturated rings. The Morgan fingerprint density at radius 3 is 2.96 bits per heavy atom. The minimum absolute atomic E-state index is 0.0688. The molecule has 4 heterocycles. The van der Waals surface area contributed by atoms with E-state index in [1.54, 1.807) is 15.4 Å². The SMILES string of the molecule is Cn1cc(-c2nc3c4ccccc4nc(N[C@@H]4CNCCNC4=O)n3n2)cn1. The third-order valence-corrected chi connectivity index (χ3v) is 4.71. The number of nitrogens with zero attached hydrogens (tertiary/aromatic N) is 6. The first-order chi connectivity index (χ1) is 13.7. The Hall–Kier alpha value is -3.53. The third-order valence-electron chi connectivity index (χ3n) is 4.71. The predicted octanol–water partition coefficient (Wildman–Crippen LogP) is 0.178. The smallest absolute Gasteiger partial charge is 0.243 e. The Bertz CT molecular complexity index is 1180. The number of amides is 1. The molecule has 1 aliphatic rings. The standard InChI is InChI=1S/C18H19N9O/c1-26-10-11(8-21-26)15-24-16-12-4-2-3-5-13(12)22-18(27(16)25-15)23-14-9-19-6-7-20-17(14)28/h2-5,8,10,14,19H,6-7,9H2,1H3,(H,20,28)(H,22,23)/t14-/m1/s1. The van der Waals surface area contributed by atoms with Gasteiger partial charge in [-0.3, -0.25) is 9.48 Å². The lowest BCUT2D eigenvalue weighted by Gasteiger charge is -2.16. The van der Waals surface area contributed by atoms with Crippen molar-refractivity contribution in [1.29, 1.82) is 0 Å². The van der Waals surface area contributed by atoms with Crippen LogP contribution in [-0.2, 0) is 11.8 Å². The summed E-state index contributed by atoms with van der Waals surface area (Å²) in [6, 6.07) is 7.30. The van der Waals surface area contributed by atoms with Crippen molar-refractivity contribution in [1.82, 2.24) is 40.0 Å². The lowest BCUT2D eigenvalue weighted by Crippen LogP contribution is -2.42. The maximum absolute atomic E-state index is 12.4. The van der Waals surface area contributed by atoms with Crippen molar-refractivity contribution in [2.75, 3.05) is 25.0 Å². The van der Waals surface area contributed by atoms with Crippen LogP contribution in [-0.4, -0.2) is 60.9 Å². The van der Waals surface area contributed by atoms with Crippen molar-refractivity contribution < 1.29 is 4.79 Å². The van der Waals surface area contributed by atoms with Gasteiger partial charge in [0.2, 0.25) is 11.9 Å². The van der Waals surface area contributed by atoms with Gasteiger partial charge in [0, 0.05) is 38.3 Å². The molecule has 28 heavy (non-hydrogen) atoms. The molecule has 0 spiro atoms. The fraction of sp³-hybridized carbons (Fsp3) is 0.278. The molecule has 0 aliphatic carbocycles. The van der Waals surface area contributed by atoms with Crippen molar-refractivity contribution in [2.45, 2.75) is 6.04 Å². The van der Waals surface area contributed by atoms with Crippen LogP contribution in [0.1, 0.15) is 0 Å². The molecule has 0 saturated carbocycles. The Morgan fingerprint density at radius 2 is 2.11 bits per heavy atom. The van der Waals surface area contributed by atoms with Crippen molar-refractivity contribution in [3.63, 3.8) is 0 Å². The molecular weight excluding hydrogens is 358 g/mol. The number of anilines is 1. The van der Waals surface area contributed by atoms with Crippen molar-refractivity contribution in [3.05, 3.63) is 36.7 Å².